The van der Waals surface area contributed by atoms with Gasteiger partial charge in [0, 0.05) is 13.2 Å². The summed E-state index contributed by atoms with van der Waals surface area (Å²) in [6.45, 7) is 8.22. The van der Waals surface area contributed by atoms with E-state index in [1.165, 1.54) is 12.8 Å². The lowest BCUT2D eigenvalue weighted by atomic mass is 9.74. The minimum atomic E-state index is -0.0921. The zero-order valence-electron chi connectivity index (χ0n) is 12.6. The highest BCUT2D eigenvalue weighted by Gasteiger charge is 2.32. The van der Waals surface area contributed by atoms with Crippen molar-refractivity contribution in [3.8, 4) is 0 Å². The normalized spacial score (nSPS) is 34.9. The molecule has 3 nitrogen and oxygen atoms in total. The first-order valence-electron chi connectivity index (χ1n) is 8.11. The molecule has 3 unspecified atom stereocenters. The summed E-state index contributed by atoms with van der Waals surface area (Å²) in [4.78, 5) is 2.50. The maximum atomic E-state index is 10.2. The van der Waals surface area contributed by atoms with E-state index < -0.39 is 0 Å². The Kier molecular flexibility index (Phi) is 5.67. The lowest BCUT2D eigenvalue weighted by Crippen LogP contribution is -2.43. The van der Waals surface area contributed by atoms with E-state index in [1.807, 2.05) is 0 Å². The molecule has 0 bridgehead atoms. The molecule has 1 heterocycles. The van der Waals surface area contributed by atoms with Crippen molar-refractivity contribution < 1.29 is 10.2 Å². The molecule has 1 saturated heterocycles. The average molecular weight is 269 g/mol. The van der Waals surface area contributed by atoms with Crippen molar-refractivity contribution in [2.45, 2.75) is 52.1 Å². The number of likely N-dealkylation sites (tertiary alicyclic amines) is 1. The summed E-state index contributed by atoms with van der Waals surface area (Å²) in [5.41, 5.74) is 0. The Morgan fingerprint density at radius 2 is 1.79 bits per heavy atom. The van der Waals surface area contributed by atoms with Gasteiger partial charge in [-0.2, -0.15) is 0 Å². The molecular formula is C16H31NO2. The van der Waals surface area contributed by atoms with Crippen molar-refractivity contribution in [1.29, 1.82) is 0 Å². The van der Waals surface area contributed by atoms with Crippen molar-refractivity contribution in [1.82, 2.24) is 4.90 Å². The third-order valence-corrected chi connectivity index (χ3v) is 5.38. The van der Waals surface area contributed by atoms with E-state index in [4.69, 9.17) is 0 Å². The van der Waals surface area contributed by atoms with Gasteiger partial charge in [0.15, 0.2) is 0 Å². The van der Waals surface area contributed by atoms with Crippen molar-refractivity contribution >= 4 is 0 Å². The van der Waals surface area contributed by atoms with Crippen molar-refractivity contribution in [3.05, 3.63) is 0 Å². The first-order valence-corrected chi connectivity index (χ1v) is 8.11. The molecule has 1 aliphatic carbocycles. The Morgan fingerprint density at radius 3 is 2.37 bits per heavy atom. The average Bonchev–Trinajstić information content (AvgIpc) is 2.42. The minimum absolute atomic E-state index is 0.0921. The first kappa shape index (κ1) is 15.3. The Balaban J connectivity index is 1.80. The SMILES string of the molecule is CC(C)C1CCC(O)C(CN2CCC(CO)CC2)C1. The molecule has 0 radical (unpaired) electrons. The van der Waals surface area contributed by atoms with Gasteiger partial charge in [0.2, 0.25) is 0 Å². The van der Waals surface area contributed by atoms with Gasteiger partial charge in [-0.05, 0) is 68.9 Å². The molecule has 112 valence electrons. The second-order valence-electron chi connectivity index (χ2n) is 7.07. The second-order valence-corrected chi connectivity index (χ2v) is 7.07. The molecule has 0 aromatic rings. The zero-order valence-corrected chi connectivity index (χ0v) is 12.6. The molecule has 2 aliphatic rings. The van der Waals surface area contributed by atoms with E-state index >= 15 is 0 Å². The highest BCUT2D eigenvalue weighted by molar-refractivity contribution is 4.84. The number of aliphatic hydroxyl groups is 2. The fraction of sp³-hybridized carbons (Fsp3) is 1.00. The first-order chi connectivity index (χ1) is 9.10. The molecular weight excluding hydrogens is 238 g/mol. The van der Waals surface area contributed by atoms with E-state index in [-0.39, 0.29) is 6.10 Å². The van der Waals surface area contributed by atoms with Gasteiger partial charge < -0.3 is 15.1 Å². The van der Waals surface area contributed by atoms with Crippen LogP contribution in [0.1, 0.15) is 46.0 Å². The van der Waals surface area contributed by atoms with Crippen molar-refractivity contribution in [2.24, 2.45) is 23.7 Å². The number of rotatable bonds is 4. The summed E-state index contributed by atoms with van der Waals surface area (Å²) in [7, 11) is 0. The maximum absolute atomic E-state index is 10.2. The number of aliphatic hydroxyl groups excluding tert-OH is 2. The molecule has 0 spiro atoms. The molecule has 2 N–H and O–H groups in total. The maximum Gasteiger partial charge on any atom is 0.0580 e. The summed E-state index contributed by atoms with van der Waals surface area (Å²) in [6, 6.07) is 0. The molecule has 2 fully saturated rings. The van der Waals surface area contributed by atoms with Crippen LogP contribution in [0.2, 0.25) is 0 Å². The van der Waals surface area contributed by atoms with E-state index in [1.54, 1.807) is 0 Å². The van der Waals surface area contributed by atoms with Gasteiger partial charge in [0.1, 0.15) is 0 Å². The van der Waals surface area contributed by atoms with Crippen LogP contribution in [0.25, 0.3) is 0 Å². The Hall–Kier alpha value is -0.120. The predicted octanol–water partition coefficient (Wildman–Crippen LogP) is 2.12. The van der Waals surface area contributed by atoms with Gasteiger partial charge in [0.25, 0.3) is 0 Å². The number of piperidine rings is 1. The van der Waals surface area contributed by atoms with Crippen LogP contribution in [0.3, 0.4) is 0 Å². The Morgan fingerprint density at radius 1 is 1.11 bits per heavy atom. The fourth-order valence-corrected chi connectivity index (χ4v) is 3.77. The Labute approximate surface area is 118 Å². The van der Waals surface area contributed by atoms with Gasteiger partial charge in [-0.1, -0.05) is 13.8 Å². The summed E-state index contributed by atoms with van der Waals surface area (Å²) in [5.74, 6) is 2.52. The van der Waals surface area contributed by atoms with Crippen LogP contribution in [-0.4, -0.2) is 47.5 Å². The summed E-state index contributed by atoms with van der Waals surface area (Å²) in [6.07, 6.45) is 5.52. The Bertz CT molecular complexity index is 261. The molecule has 1 aliphatic heterocycles. The van der Waals surface area contributed by atoms with Crippen LogP contribution in [0.5, 0.6) is 0 Å². The standard InChI is InChI=1S/C16H31NO2/c1-12(2)14-3-4-16(19)15(9-14)10-17-7-5-13(11-18)6-8-17/h12-16,18-19H,3-11H2,1-2H3. The van der Waals surface area contributed by atoms with Crippen LogP contribution >= 0.6 is 0 Å². The highest BCUT2D eigenvalue weighted by atomic mass is 16.3. The highest BCUT2D eigenvalue weighted by Crippen LogP contribution is 2.34. The predicted molar refractivity (Wildman–Crippen MR) is 77.9 cm³/mol. The molecule has 0 aromatic carbocycles. The largest absolute Gasteiger partial charge is 0.396 e. The van der Waals surface area contributed by atoms with Crippen LogP contribution in [0, 0.1) is 23.7 Å². The molecule has 19 heavy (non-hydrogen) atoms. The topological polar surface area (TPSA) is 43.7 Å². The van der Waals surface area contributed by atoms with Crippen molar-refractivity contribution in [3.63, 3.8) is 0 Å². The van der Waals surface area contributed by atoms with Crippen molar-refractivity contribution in [2.75, 3.05) is 26.2 Å². The summed E-state index contributed by atoms with van der Waals surface area (Å²) in [5, 5.41) is 19.4. The van der Waals surface area contributed by atoms with Crippen LogP contribution in [-0.2, 0) is 0 Å². The van der Waals surface area contributed by atoms with Gasteiger partial charge in [0.05, 0.1) is 6.10 Å². The number of nitrogens with zero attached hydrogens (tertiary/aromatic N) is 1. The van der Waals surface area contributed by atoms with Gasteiger partial charge in [-0.25, -0.2) is 0 Å². The lowest BCUT2D eigenvalue weighted by Gasteiger charge is -2.40. The van der Waals surface area contributed by atoms with E-state index in [9.17, 15) is 10.2 Å². The second kappa shape index (κ2) is 7.05. The molecule has 1 saturated carbocycles. The van der Waals surface area contributed by atoms with Crippen LogP contribution < -0.4 is 0 Å². The van der Waals surface area contributed by atoms with E-state index in [2.05, 4.69) is 18.7 Å². The number of hydrogen-bond donors (Lipinski definition) is 2. The molecule has 0 amide bonds. The van der Waals surface area contributed by atoms with E-state index in [0.717, 1.165) is 50.7 Å². The van der Waals surface area contributed by atoms with E-state index in [0.29, 0.717) is 18.4 Å². The molecule has 2 rings (SSSR count). The monoisotopic (exact) mass is 269 g/mol. The third-order valence-electron chi connectivity index (χ3n) is 5.38. The quantitative estimate of drug-likeness (QED) is 0.821. The summed E-state index contributed by atoms with van der Waals surface area (Å²) < 4.78 is 0. The van der Waals surface area contributed by atoms with Crippen LogP contribution in [0.15, 0.2) is 0 Å². The van der Waals surface area contributed by atoms with Crippen LogP contribution in [0.4, 0.5) is 0 Å². The third kappa shape index (κ3) is 4.17. The molecule has 3 atom stereocenters. The minimum Gasteiger partial charge on any atom is -0.396 e. The molecule has 0 aromatic heterocycles. The zero-order chi connectivity index (χ0) is 13.8. The smallest absolute Gasteiger partial charge is 0.0580 e. The van der Waals surface area contributed by atoms with Gasteiger partial charge >= 0.3 is 0 Å². The number of hydrogen-bond acceptors (Lipinski definition) is 3. The lowest BCUT2D eigenvalue weighted by molar-refractivity contribution is 0.0106. The molecule has 3 heteroatoms. The summed E-state index contributed by atoms with van der Waals surface area (Å²) >= 11 is 0. The van der Waals surface area contributed by atoms with Gasteiger partial charge in [-0.3, -0.25) is 0 Å². The van der Waals surface area contributed by atoms with Gasteiger partial charge in [-0.15, -0.1) is 0 Å². The fourth-order valence-electron chi connectivity index (χ4n) is 3.77.